The van der Waals surface area contributed by atoms with E-state index in [0.717, 1.165) is 23.2 Å². The van der Waals surface area contributed by atoms with E-state index in [1.807, 2.05) is 54.3 Å². The summed E-state index contributed by atoms with van der Waals surface area (Å²) < 4.78 is 5.12. The molecule has 0 bridgehead atoms. The van der Waals surface area contributed by atoms with Crippen molar-refractivity contribution in [3.63, 3.8) is 0 Å². The zero-order chi connectivity index (χ0) is 17.8. The third-order valence-electron chi connectivity index (χ3n) is 3.96. The summed E-state index contributed by atoms with van der Waals surface area (Å²) in [6.45, 7) is 2.36. The van der Waals surface area contributed by atoms with E-state index in [2.05, 4.69) is 0 Å². The lowest BCUT2D eigenvalue weighted by Gasteiger charge is -2.15. The average molecular weight is 337 g/mol. The number of carbonyl (C=O) groups excluding carboxylic acids is 1. The number of ether oxygens (including phenoxy) is 1. The molecule has 5 heteroatoms. The van der Waals surface area contributed by atoms with Crippen LogP contribution in [0, 0.1) is 0 Å². The van der Waals surface area contributed by atoms with Gasteiger partial charge >= 0.3 is 5.97 Å². The van der Waals surface area contributed by atoms with Gasteiger partial charge in [-0.2, -0.15) is 0 Å². The van der Waals surface area contributed by atoms with Crippen LogP contribution in [-0.4, -0.2) is 30.1 Å². The summed E-state index contributed by atoms with van der Waals surface area (Å²) in [7, 11) is 0. The molecule has 2 aromatic rings. The third-order valence-corrected chi connectivity index (χ3v) is 3.96. The molecule has 0 fully saturated rings. The Morgan fingerprint density at radius 1 is 1.16 bits per heavy atom. The molecule has 0 atom stereocenters. The van der Waals surface area contributed by atoms with E-state index in [0.29, 0.717) is 17.9 Å². The SMILES string of the molecule is CCCN1C(=O)/C(=C\c2ccc(OCC(=O)O)cc2)c2ccccc21. The highest BCUT2D eigenvalue weighted by atomic mass is 16.5. The first-order valence-electron chi connectivity index (χ1n) is 8.17. The first-order valence-corrected chi connectivity index (χ1v) is 8.17. The van der Waals surface area contributed by atoms with Crippen molar-refractivity contribution in [2.24, 2.45) is 0 Å². The second kappa shape index (κ2) is 7.21. The van der Waals surface area contributed by atoms with Crippen LogP contribution in [0.15, 0.2) is 48.5 Å². The molecule has 1 amide bonds. The summed E-state index contributed by atoms with van der Waals surface area (Å²) >= 11 is 0. The Hall–Kier alpha value is -3.08. The maximum Gasteiger partial charge on any atom is 0.341 e. The fraction of sp³-hybridized carbons (Fsp3) is 0.200. The van der Waals surface area contributed by atoms with Gasteiger partial charge in [0.1, 0.15) is 5.75 Å². The summed E-state index contributed by atoms with van der Waals surface area (Å²) in [6, 6.07) is 14.8. The number of carboxylic acids is 1. The molecular formula is C20H19NO4. The van der Waals surface area contributed by atoms with Crippen molar-refractivity contribution >= 4 is 29.2 Å². The molecular weight excluding hydrogens is 318 g/mol. The van der Waals surface area contributed by atoms with Gasteiger partial charge in [0, 0.05) is 17.7 Å². The number of nitrogens with zero attached hydrogens (tertiary/aromatic N) is 1. The fourth-order valence-electron chi connectivity index (χ4n) is 2.86. The molecule has 5 nitrogen and oxygen atoms in total. The van der Waals surface area contributed by atoms with Gasteiger partial charge in [0.05, 0.1) is 5.69 Å². The maximum atomic E-state index is 12.8. The molecule has 0 aromatic heterocycles. The first-order chi connectivity index (χ1) is 12.1. The van der Waals surface area contributed by atoms with Crippen LogP contribution in [0.3, 0.4) is 0 Å². The van der Waals surface area contributed by atoms with Gasteiger partial charge in [0.25, 0.3) is 5.91 Å². The molecule has 0 radical (unpaired) electrons. The van der Waals surface area contributed by atoms with Crippen molar-refractivity contribution in [3.05, 3.63) is 59.7 Å². The van der Waals surface area contributed by atoms with Crippen molar-refractivity contribution in [3.8, 4) is 5.75 Å². The normalized spacial score (nSPS) is 14.7. The highest BCUT2D eigenvalue weighted by molar-refractivity contribution is 6.35. The van der Waals surface area contributed by atoms with E-state index < -0.39 is 5.97 Å². The molecule has 1 N–H and O–H groups in total. The topological polar surface area (TPSA) is 66.8 Å². The van der Waals surface area contributed by atoms with Gasteiger partial charge in [-0.15, -0.1) is 0 Å². The lowest BCUT2D eigenvalue weighted by atomic mass is 10.0. The zero-order valence-corrected chi connectivity index (χ0v) is 13.9. The van der Waals surface area contributed by atoms with Crippen LogP contribution in [0.25, 0.3) is 11.6 Å². The summed E-state index contributed by atoms with van der Waals surface area (Å²) in [4.78, 5) is 25.1. The summed E-state index contributed by atoms with van der Waals surface area (Å²) in [5, 5.41) is 8.63. The van der Waals surface area contributed by atoms with Gasteiger partial charge < -0.3 is 14.7 Å². The van der Waals surface area contributed by atoms with Crippen LogP contribution in [-0.2, 0) is 9.59 Å². The van der Waals surface area contributed by atoms with Crippen LogP contribution >= 0.6 is 0 Å². The predicted octanol–water partition coefficient (Wildman–Crippen LogP) is 3.45. The second-order valence-corrected chi connectivity index (χ2v) is 5.78. The molecule has 0 saturated heterocycles. The second-order valence-electron chi connectivity index (χ2n) is 5.78. The Labute approximate surface area is 146 Å². The predicted molar refractivity (Wildman–Crippen MR) is 96.5 cm³/mol. The van der Waals surface area contributed by atoms with Crippen molar-refractivity contribution in [2.75, 3.05) is 18.1 Å². The smallest absolute Gasteiger partial charge is 0.341 e. The van der Waals surface area contributed by atoms with E-state index in [-0.39, 0.29) is 12.5 Å². The first kappa shape index (κ1) is 16.8. The Morgan fingerprint density at radius 3 is 2.56 bits per heavy atom. The number of anilines is 1. The van der Waals surface area contributed by atoms with Gasteiger partial charge in [-0.05, 0) is 36.3 Å². The number of amides is 1. The quantitative estimate of drug-likeness (QED) is 0.820. The molecule has 2 aromatic carbocycles. The average Bonchev–Trinajstić information content (AvgIpc) is 2.87. The summed E-state index contributed by atoms with van der Waals surface area (Å²) in [5.41, 5.74) is 3.41. The van der Waals surface area contributed by atoms with E-state index in [1.54, 1.807) is 12.1 Å². The number of hydrogen-bond acceptors (Lipinski definition) is 3. The Bertz CT molecular complexity index is 824. The number of carboxylic acid groups (broad SMARTS) is 1. The van der Waals surface area contributed by atoms with E-state index in [9.17, 15) is 9.59 Å². The van der Waals surface area contributed by atoms with Crippen LogP contribution < -0.4 is 9.64 Å². The maximum absolute atomic E-state index is 12.8. The molecule has 128 valence electrons. The Balaban J connectivity index is 1.88. The molecule has 3 rings (SSSR count). The van der Waals surface area contributed by atoms with E-state index in [4.69, 9.17) is 9.84 Å². The van der Waals surface area contributed by atoms with Gasteiger partial charge in [0.2, 0.25) is 0 Å². The molecule has 25 heavy (non-hydrogen) atoms. The van der Waals surface area contributed by atoms with Crippen molar-refractivity contribution in [1.29, 1.82) is 0 Å². The monoisotopic (exact) mass is 337 g/mol. The highest BCUT2D eigenvalue weighted by Gasteiger charge is 2.31. The minimum atomic E-state index is -1.02. The van der Waals surface area contributed by atoms with Crippen LogP contribution in [0.5, 0.6) is 5.75 Å². The van der Waals surface area contributed by atoms with Gasteiger partial charge in [-0.3, -0.25) is 4.79 Å². The van der Waals surface area contributed by atoms with Gasteiger partial charge in [0.15, 0.2) is 6.61 Å². The lowest BCUT2D eigenvalue weighted by Crippen LogP contribution is -2.26. The summed E-state index contributed by atoms with van der Waals surface area (Å²) in [6.07, 6.45) is 2.75. The lowest BCUT2D eigenvalue weighted by molar-refractivity contribution is -0.139. The number of hydrogen-bond donors (Lipinski definition) is 1. The number of carbonyl (C=O) groups is 2. The molecule has 0 aliphatic carbocycles. The standard InChI is InChI=1S/C20H19NO4/c1-2-11-21-18-6-4-3-5-16(18)17(20(21)24)12-14-7-9-15(10-8-14)25-13-19(22)23/h3-10,12H,2,11,13H2,1H3,(H,22,23)/b17-12-. The number of rotatable bonds is 6. The zero-order valence-electron chi connectivity index (χ0n) is 13.9. The van der Waals surface area contributed by atoms with Crippen molar-refractivity contribution in [2.45, 2.75) is 13.3 Å². The molecule has 0 unspecified atom stereocenters. The number of fused-ring (bicyclic) bond motifs is 1. The Kier molecular flexibility index (Phi) is 4.84. The minimum Gasteiger partial charge on any atom is -0.482 e. The van der Waals surface area contributed by atoms with Gasteiger partial charge in [-0.1, -0.05) is 37.3 Å². The third kappa shape index (κ3) is 3.55. The summed E-state index contributed by atoms with van der Waals surface area (Å²) in [5.74, 6) is -0.528. The number of para-hydroxylation sites is 1. The van der Waals surface area contributed by atoms with Crippen molar-refractivity contribution in [1.82, 2.24) is 0 Å². The van der Waals surface area contributed by atoms with Crippen LogP contribution in [0.4, 0.5) is 5.69 Å². The largest absolute Gasteiger partial charge is 0.482 e. The van der Waals surface area contributed by atoms with E-state index >= 15 is 0 Å². The Morgan fingerprint density at radius 2 is 1.88 bits per heavy atom. The van der Waals surface area contributed by atoms with Crippen LogP contribution in [0.2, 0.25) is 0 Å². The molecule has 0 spiro atoms. The molecule has 1 aliphatic rings. The fourth-order valence-corrected chi connectivity index (χ4v) is 2.86. The van der Waals surface area contributed by atoms with Gasteiger partial charge in [-0.25, -0.2) is 4.79 Å². The molecule has 1 heterocycles. The minimum absolute atomic E-state index is 0.00857. The molecule has 1 aliphatic heterocycles. The highest BCUT2D eigenvalue weighted by Crippen LogP contribution is 2.37. The van der Waals surface area contributed by atoms with E-state index in [1.165, 1.54) is 0 Å². The molecule has 0 saturated carbocycles. The number of aliphatic carboxylic acids is 1. The number of benzene rings is 2. The van der Waals surface area contributed by atoms with Crippen molar-refractivity contribution < 1.29 is 19.4 Å². The van der Waals surface area contributed by atoms with Crippen LogP contribution in [0.1, 0.15) is 24.5 Å².